The Bertz CT molecular complexity index is 1280. The van der Waals surface area contributed by atoms with Gasteiger partial charge in [-0.15, -0.1) is 0 Å². The molecule has 0 spiro atoms. The van der Waals surface area contributed by atoms with Crippen molar-refractivity contribution in [1.29, 1.82) is 0 Å². The van der Waals surface area contributed by atoms with Crippen LogP contribution in [-0.4, -0.2) is 35.7 Å². The lowest BCUT2D eigenvalue weighted by molar-refractivity contribution is -0.138. The third-order valence-electron chi connectivity index (χ3n) is 5.70. The molecule has 3 aromatic rings. The van der Waals surface area contributed by atoms with Gasteiger partial charge in [0.25, 0.3) is 0 Å². The number of aliphatic carboxylic acids is 1. The largest absolute Gasteiger partial charge is 0.496 e. The number of ether oxygens (including phenoxy) is 1. The number of amides is 2. The van der Waals surface area contributed by atoms with E-state index in [2.05, 4.69) is 5.32 Å². The molecule has 37 heavy (non-hydrogen) atoms. The highest BCUT2D eigenvalue weighted by atomic mass is 35.5. The first-order valence-corrected chi connectivity index (χ1v) is 11.8. The van der Waals surface area contributed by atoms with Gasteiger partial charge in [-0.1, -0.05) is 35.9 Å². The van der Waals surface area contributed by atoms with Crippen LogP contribution in [0.15, 0.2) is 60.7 Å². The van der Waals surface area contributed by atoms with Crippen molar-refractivity contribution in [2.45, 2.75) is 32.6 Å². The molecule has 0 unspecified atom stereocenters. The third kappa shape index (κ3) is 7.39. The molecule has 0 saturated heterocycles. The van der Waals surface area contributed by atoms with E-state index in [4.69, 9.17) is 16.3 Å². The fraction of sp³-hybridized carbons (Fsp3) is 0.259. The zero-order valence-corrected chi connectivity index (χ0v) is 21.0. The molecule has 0 aliphatic carbocycles. The van der Waals surface area contributed by atoms with E-state index < -0.39 is 23.7 Å². The molecule has 2 N–H and O–H groups in total. The average Bonchev–Trinajstić information content (AvgIpc) is 2.84. The van der Waals surface area contributed by atoms with E-state index in [1.54, 1.807) is 49.4 Å². The molecular formula is C27H26ClF3N2O4. The molecule has 3 aromatic carbocycles. The summed E-state index contributed by atoms with van der Waals surface area (Å²) in [4.78, 5) is 25.5. The number of hydrogen-bond acceptors (Lipinski definition) is 3. The van der Waals surface area contributed by atoms with Crippen LogP contribution in [0.4, 0.5) is 18.0 Å². The summed E-state index contributed by atoms with van der Waals surface area (Å²) in [6, 6.07) is 14.5. The molecule has 0 aliphatic rings. The van der Waals surface area contributed by atoms with Gasteiger partial charge in [0.15, 0.2) is 0 Å². The smallest absolute Gasteiger partial charge is 0.416 e. The second-order valence-corrected chi connectivity index (χ2v) is 8.71. The van der Waals surface area contributed by atoms with E-state index >= 15 is 0 Å². The Balaban J connectivity index is 1.98. The quantitative estimate of drug-likeness (QED) is 0.333. The number of alkyl halides is 3. The van der Waals surface area contributed by atoms with Crippen LogP contribution in [0.2, 0.25) is 5.02 Å². The molecule has 0 heterocycles. The molecular weight excluding hydrogens is 509 g/mol. The summed E-state index contributed by atoms with van der Waals surface area (Å²) < 4.78 is 46.2. The zero-order chi connectivity index (χ0) is 27.2. The van der Waals surface area contributed by atoms with Crippen LogP contribution in [0, 0.1) is 0 Å². The summed E-state index contributed by atoms with van der Waals surface area (Å²) in [5, 5.41) is 12.5. The SMILES string of the molecule is CCN(Cc1cc(C(F)(F)F)ccc1-c1cc(CC(=O)O)ccc1OC)C(=O)NCc1cccc(Cl)c1. The van der Waals surface area contributed by atoms with E-state index in [-0.39, 0.29) is 31.6 Å². The number of urea groups is 1. The van der Waals surface area contributed by atoms with Crippen molar-refractivity contribution in [3.63, 3.8) is 0 Å². The minimum Gasteiger partial charge on any atom is -0.496 e. The number of carboxylic acid groups (broad SMARTS) is 1. The summed E-state index contributed by atoms with van der Waals surface area (Å²) >= 11 is 5.99. The van der Waals surface area contributed by atoms with E-state index in [0.29, 0.717) is 27.5 Å². The van der Waals surface area contributed by atoms with Crippen molar-refractivity contribution in [3.8, 4) is 16.9 Å². The van der Waals surface area contributed by atoms with Gasteiger partial charge in [0.05, 0.1) is 19.1 Å². The summed E-state index contributed by atoms with van der Waals surface area (Å²) in [5.41, 5.74) is 1.44. The number of carbonyl (C=O) groups excluding carboxylic acids is 1. The zero-order valence-electron chi connectivity index (χ0n) is 20.2. The first-order chi connectivity index (χ1) is 17.5. The number of nitrogens with one attached hydrogen (secondary N) is 1. The highest BCUT2D eigenvalue weighted by Gasteiger charge is 2.31. The molecule has 0 atom stereocenters. The minimum atomic E-state index is -4.59. The molecule has 0 saturated carbocycles. The Morgan fingerprint density at radius 1 is 1.03 bits per heavy atom. The summed E-state index contributed by atoms with van der Waals surface area (Å²) in [7, 11) is 1.42. The molecule has 6 nitrogen and oxygen atoms in total. The minimum absolute atomic E-state index is 0.122. The van der Waals surface area contributed by atoms with Crippen LogP contribution in [0.1, 0.15) is 29.2 Å². The summed E-state index contributed by atoms with van der Waals surface area (Å²) in [5.74, 6) is -0.680. The number of hydrogen-bond donors (Lipinski definition) is 2. The standard InChI is InChI=1S/C27H26ClF3N2O4/c1-3-33(26(36)32-15-18-5-4-6-21(28)11-18)16-19-14-20(27(29,30)31)8-9-22(19)23-12-17(13-25(34)35)7-10-24(23)37-2/h4-12,14H,3,13,15-16H2,1-2H3,(H,32,36)(H,34,35). The third-order valence-corrected chi connectivity index (χ3v) is 5.94. The predicted octanol–water partition coefficient (Wildman–Crippen LogP) is 6.39. The van der Waals surface area contributed by atoms with Gasteiger partial charge in [-0.25, -0.2) is 4.79 Å². The molecule has 2 amide bonds. The van der Waals surface area contributed by atoms with Crippen molar-refractivity contribution in [1.82, 2.24) is 10.2 Å². The second kappa shape index (κ2) is 12.0. The number of benzene rings is 3. The average molecular weight is 535 g/mol. The number of methoxy groups -OCH3 is 1. The molecule has 0 fully saturated rings. The molecule has 0 radical (unpaired) electrons. The van der Waals surface area contributed by atoms with Gasteiger partial charge in [0, 0.05) is 30.2 Å². The number of carboxylic acids is 1. The maximum Gasteiger partial charge on any atom is 0.416 e. The van der Waals surface area contributed by atoms with E-state index in [1.807, 2.05) is 0 Å². The van der Waals surface area contributed by atoms with Gasteiger partial charge >= 0.3 is 18.2 Å². The van der Waals surface area contributed by atoms with Gasteiger partial charge in [0.1, 0.15) is 5.75 Å². The first kappa shape index (κ1) is 27.9. The number of halogens is 4. The van der Waals surface area contributed by atoms with Crippen LogP contribution >= 0.6 is 11.6 Å². The van der Waals surface area contributed by atoms with Crippen molar-refractivity contribution >= 4 is 23.6 Å². The monoisotopic (exact) mass is 534 g/mol. The Labute approximate surface area is 217 Å². The molecule has 3 rings (SSSR count). The molecule has 0 aliphatic heterocycles. The van der Waals surface area contributed by atoms with Crippen molar-refractivity contribution < 1.29 is 32.6 Å². The van der Waals surface area contributed by atoms with E-state index in [0.717, 1.165) is 17.7 Å². The van der Waals surface area contributed by atoms with Crippen LogP contribution in [0.25, 0.3) is 11.1 Å². The number of carbonyl (C=O) groups is 2. The topological polar surface area (TPSA) is 78.9 Å². The molecule has 0 aromatic heterocycles. The highest BCUT2D eigenvalue weighted by molar-refractivity contribution is 6.30. The lowest BCUT2D eigenvalue weighted by Gasteiger charge is -2.24. The number of rotatable bonds is 9. The second-order valence-electron chi connectivity index (χ2n) is 8.28. The van der Waals surface area contributed by atoms with Gasteiger partial charge in [-0.05, 0) is 65.6 Å². The molecule has 10 heteroatoms. The number of nitrogens with zero attached hydrogens (tertiary/aromatic N) is 1. The van der Waals surface area contributed by atoms with E-state index in [1.165, 1.54) is 18.1 Å². The lowest BCUT2D eigenvalue weighted by atomic mass is 9.94. The fourth-order valence-electron chi connectivity index (χ4n) is 3.88. The lowest BCUT2D eigenvalue weighted by Crippen LogP contribution is -2.39. The normalized spacial score (nSPS) is 11.2. The Hall–Kier alpha value is -3.72. The Kier molecular flexibility index (Phi) is 9.04. The van der Waals surface area contributed by atoms with Gasteiger partial charge in [-0.3, -0.25) is 4.79 Å². The predicted molar refractivity (Wildman–Crippen MR) is 135 cm³/mol. The summed E-state index contributed by atoms with van der Waals surface area (Å²) in [6.45, 7) is 2.02. The van der Waals surface area contributed by atoms with E-state index in [9.17, 15) is 27.9 Å². The Morgan fingerprint density at radius 3 is 2.41 bits per heavy atom. The van der Waals surface area contributed by atoms with Crippen LogP contribution in [0.3, 0.4) is 0 Å². The van der Waals surface area contributed by atoms with Crippen LogP contribution in [0.5, 0.6) is 5.75 Å². The van der Waals surface area contributed by atoms with Crippen LogP contribution < -0.4 is 10.1 Å². The molecule has 196 valence electrons. The van der Waals surface area contributed by atoms with Crippen molar-refractivity contribution in [2.24, 2.45) is 0 Å². The van der Waals surface area contributed by atoms with Gasteiger partial charge in [0.2, 0.25) is 0 Å². The highest BCUT2D eigenvalue weighted by Crippen LogP contribution is 2.38. The first-order valence-electron chi connectivity index (χ1n) is 11.4. The fourth-order valence-corrected chi connectivity index (χ4v) is 4.10. The van der Waals surface area contributed by atoms with Crippen LogP contribution in [-0.2, 0) is 30.5 Å². The van der Waals surface area contributed by atoms with Gasteiger partial charge in [-0.2, -0.15) is 13.2 Å². The van der Waals surface area contributed by atoms with Crippen molar-refractivity contribution in [2.75, 3.05) is 13.7 Å². The maximum absolute atomic E-state index is 13.6. The Morgan fingerprint density at radius 2 is 1.78 bits per heavy atom. The maximum atomic E-state index is 13.6. The summed E-state index contributed by atoms with van der Waals surface area (Å²) in [6.07, 6.45) is -4.85. The molecule has 0 bridgehead atoms. The van der Waals surface area contributed by atoms with Crippen molar-refractivity contribution in [3.05, 3.63) is 87.9 Å². The van der Waals surface area contributed by atoms with Gasteiger partial charge < -0.3 is 20.1 Å².